The van der Waals surface area contributed by atoms with Crippen molar-refractivity contribution < 1.29 is 14.7 Å². The molecule has 1 atom stereocenters. The normalized spacial score (nSPS) is 18.2. The number of hydrogen-bond donors (Lipinski definition) is 1. The van der Waals surface area contributed by atoms with Crippen LogP contribution in [-0.2, 0) is 16.1 Å². The number of carboxylic acid groups (broad SMARTS) is 1. The number of amides is 1. The number of carbonyl (C=O) groups is 2. The summed E-state index contributed by atoms with van der Waals surface area (Å²) < 4.78 is 1.75. The Hall–Kier alpha value is -2.63. The van der Waals surface area contributed by atoms with Crippen molar-refractivity contribution in [2.75, 3.05) is 6.54 Å². The molecule has 21 heavy (non-hydrogen) atoms. The van der Waals surface area contributed by atoms with E-state index in [0.717, 1.165) is 11.3 Å². The van der Waals surface area contributed by atoms with E-state index in [1.807, 2.05) is 36.5 Å². The van der Waals surface area contributed by atoms with Crippen LogP contribution in [-0.4, -0.2) is 38.2 Å². The molecule has 2 heterocycles. The van der Waals surface area contributed by atoms with Gasteiger partial charge in [0.1, 0.15) is 0 Å². The fourth-order valence-corrected chi connectivity index (χ4v) is 2.53. The summed E-state index contributed by atoms with van der Waals surface area (Å²) >= 11 is 0. The van der Waals surface area contributed by atoms with Crippen molar-refractivity contribution in [2.24, 2.45) is 5.92 Å². The van der Waals surface area contributed by atoms with Gasteiger partial charge in [-0.3, -0.25) is 9.59 Å². The highest BCUT2D eigenvalue weighted by molar-refractivity contribution is 5.86. The van der Waals surface area contributed by atoms with E-state index in [0.29, 0.717) is 6.54 Å². The van der Waals surface area contributed by atoms with Crippen LogP contribution in [0.5, 0.6) is 0 Å². The third-order valence-corrected chi connectivity index (χ3v) is 3.62. The average molecular weight is 285 g/mol. The minimum atomic E-state index is -0.906. The average Bonchev–Trinajstić information content (AvgIpc) is 3.10. The topological polar surface area (TPSA) is 75.4 Å². The maximum Gasteiger partial charge on any atom is 0.308 e. The van der Waals surface area contributed by atoms with E-state index in [-0.39, 0.29) is 18.9 Å². The zero-order valence-corrected chi connectivity index (χ0v) is 11.3. The maximum absolute atomic E-state index is 11.9. The van der Waals surface area contributed by atoms with Gasteiger partial charge in [-0.15, -0.1) is 0 Å². The molecule has 1 aliphatic rings. The van der Waals surface area contributed by atoms with Gasteiger partial charge in [-0.2, -0.15) is 5.10 Å². The van der Waals surface area contributed by atoms with E-state index >= 15 is 0 Å². The highest BCUT2D eigenvalue weighted by Gasteiger charge is 2.34. The Kier molecular flexibility index (Phi) is 3.43. The zero-order chi connectivity index (χ0) is 14.8. The minimum absolute atomic E-state index is 0.0914. The van der Waals surface area contributed by atoms with Crippen molar-refractivity contribution in [1.29, 1.82) is 0 Å². The third kappa shape index (κ3) is 2.79. The highest BCUT2D eigenvalue weighted by atomic mass is 16.4. The SMILES string of the molecule is O=C(O)[C@H]1CC(=O)N(Cc2cccc(-n3cccn3)c2)C1. The molecular weight excluding hydrogens is 270 g/mol. The molecule has 0 saturated carbocycles. The first-order valence-corrected chi connectivity index (χ1v) is 6.73. The van der Waals surface area contributed by atoms with Crippen molar-refractivity contribution in [3.63, 3.8) is 0 Å². The zero-order valence-electron chi connectivity index (χ0n) is 11.3. The third-order valence-electron chi connectivity index (χ3n) is 3.62. The molecule has 1 aromatic carbocycles. The highest BCUT2D eigenvalue weighted by Crippen LogP contribution is 2.21. The molecule has 6 nitrogen and oxygen atoms in total. The van der Waals surface area contributed by atoms with Crippen molar-refractivity contribution in [1.82, 2.24) is 14.7 Å². The summed E-state index contributed by atoms with van der Waals surface area (Å²) in [5.41, 5.74) is 1.88. The van der Waals surface area contributed by atoms with Crippen LogP contribution in [0.3, 0.4) is 0 Å². The molecule has 1 saturated heterocycles. The summed E-state index contributed by atoms with van der Waals surface area (Å²) in [5, 5.41) is 13.2. The Bertz CT molecular complexity index is 667. The molecule has 1 fully saturated rings. The number of likely N-dealkylation sites (tertiary alicyclic amines) is 1. The fourth-order valence-electron chi connectivity index (χ4n) is 2.53. The van der Waals surface area contributed by atoms with Gasteiger partial charge in [-0.05, 0) is 23.8 Å². The second-order valence-corrected chi connectivity index (χ2v) is 5.13. The van der Waals surface area contributed by atoms with E-state index in [1.165, 1.54) is 0 Å². The van der Waals surface area contributed by atoms with Crippen LogP contribution in [0.4, 0.5) is 0 Å². The Morgan fingerprint density at radius 3 is 2.90 bits per heavy atom. The molecule has 2 aromatic rings. The first-order chi connectivity index (χ1) is 10.1. The van der Waals surface area contributed by atoms with Gasteiger partial charge >= 0.3 is 5.97 Å². The van der Waals surface area contributed by atoms with E-state index in [4.69, 9.17) is 5.11 Å². The van der Waals surface area contributed by atoms with Crippen LogP contribution in [0.1, 0.15) is 12.0 Å². The number of nitrogens with zero attached hydrogens (tertiary/aromatic N) is 3. The molecule has 1 amide bonds. The van der Waals surface area contributed by atoms with Crippen molar-refractivity contribution in [3.05, 3.63) is 48.3 Å². The van der Waals surface area contributed by atoms with Crippen LogP contribution in [0, 0.1) is 5.92 Å². The molecule has 108 valence electrons. The Morgan fingerprint density at radius 2 is 2.24 bits per heavy atom. The molecule has 1 N–H and O–H groups in total. The lowest BCUT2D eigenvalue weighted by Crippen LogP contribution is -2.25. The van der Waals surface area contributed by atoms with Crippen molar-refractivity contribution >= 4 is 11.9 Å². The number of carboxylic acids is 1. The van der Waals surface area contributed by atoms with E-state index in [2.05, 4.69) is 5.10 Å². The van der Waals surface area contributed by atoms with Crippen LogP contribution >= 0.6 is 0 Å². The van der Waals surface area contributed by atoms with Gasteiger partial charge in [0.2, 0.25) is 5.91 Å². The molecule has 1 aromatic heterocycles. The molecule has 0 aliphatic carbocycles. The Balaban J connectivity index is 1.75. The molecule has 0 bridgehead atoms. The number of aliphatic carboxylic acids is 1. The lowest BCUT2D eigenvalue weighted by Gasteiger charge is -2.16. The van der Waals surface area contributed by atoms with Gasteiger partial charge in [0.15, 0.2) is 0 Å². The smallest absolute Gasteiger partial charge is 0.308 e. The predicted molar refractivity (Wildman–Crippen MR) is 74.7 cm³/mol. The lowest BCUT2D eigenvalue weighted by molar-refractivity contribution is -0.141. The van der Waals surface area contributed by atoms with E-state index in [9.17, 15) is 9.59 Å². The lowest BCUT2D eigenvalue weighted by atomic mass is 10.1. The van der Waals surface area contributed by atoms with E-state index in [1.54, 1.807) is 15.8 Å². The van der Waals surface area contributed by atoms with Gasteiger partial charge in [0.25, 0.3) is 0 Å². The summed E-state index contributed by atoms with van der Waals surface area (Å²) in [4.78, 5) is 24.4. The van der Waals surface area contributed by atoms with Crippen LogP contribution < -0.4 is 0 Å². The minimum Gasteiger partial charge on any atom is -0.481 e. The molecule has 0 radical (unpaired) electrons. The van der Waals surface area contributed by atoms with Gasteiger partial charge in [-0.25, -0.2) is 4.68 Å². The van der Waals surface area contributed by atoms with Gasteiger partial charge in [0, 0.05) is 31.9 Å². The van der Waals surface area contributed by atoms with Gasteiger partial charge in [-0.1, -0.05) is 12.1 Å². The number of aromatic nitrogens is 2. The summed E-state index contributed by atoms with van der Waals surface area (Å²) in [5.74, 6) is -1.60. The summed E-state index contributed by atoms with van der Waals surface area (Å²) in [7, 11) is 0. The second-order valence-electron chi connectivity index (χ2n) is 5.13. The number of carbonyl (C=O) groups excluding carboxylic acids is 1. The van der Waals surface area contributed by atoms with Crippen LogP contribution in [0.15, 0.2) is 42.7 Å². The monoisotopic (exact) mass is 285 g/mol. The molecule has 3 rings (SSSR count). The summed E-state index contributed by atoms with van der Waals surface area (Å²) in [6.45, 7) is 0.706. The fraction of sp³-hybridized carbons (Fsp3) is 0.267. The van der Waals surface area contributed by atoms with Crippen LogP contribution in [0.2, 0.25) is 0 Å². The van der Waals surface area contributed by atoms with Crippen LogP contribution in [0.25, 0.3) is 5.69 Å². The predicted octanol–water partition coefficient (Wildman–Crippen LogP) is 1.31. The first-order valence-electron chi connectivity index (χ1n) is 6.73. The number of rotatable bonds is 4. The Labute approximate surface area is 121 Å². The van der Waals surface area contributed by atoms with E-state index < -0.39 is 11.9 Å². The first kappa shape index (κ1) is 13.4. The summed E-state index contributed by atoms with van der Waals surface area (Å²) in [6.07, 6.45) is 3.64. The van der Waals surface area contributed by atoms with Crippen molar-refractivity contribution in [3.8, 4) is 5.69 Å². The molecule has 0 unspecified atom stereocenters. The number of benzene rings is 1. The molecular formula is C15H15N3O3. The standard InChI is InChI=1S/C15H15N3O3/c19-14-8-12(15(20)21)10-17(14)9-11-3-1-4-13(7-11)18-6-2-5-16-18/h1-7,12H,8-10H2,(H,20,21)/t12-/m0/s1. The molecule has 6 heteroatoms. The molecule has 1 aliphatic heterocycles. The largest absolute Gasteiger partial charge is 0.481 e. The van der Waals surface area contributed by atoms with Gasteiger partial charge < -0.3 is 10.0 Å². The summed E-state index contributed by atoms with van der Waals surface area (Å²) in [6, 6.07) is 9.56. The quantitative estimate of drug-likeness (QED) is 0.919. The van der Waals surface area contributed by atoms with Gasteiger partial charge in [0.05, 0.1) is 11.6 Å². The second kappa shape index (κ2) is 5.40. The maximum atomic E-state index is 11.9. The Morgan fingerprint density at radius 1 is 1.38 bits per heavy atom. The van der Waals surface area contributed by atoms with Crippen molar-refractivity contribution in [2.45, 2.75) is 13.0 Å². The number of hydrogen-bond acceptors (Lipinski definition) is 3. The molecule has 0 spiro atoms.